The Morgan fingerprint density at radius 3 is 1.80 bits per heavy atom. The monoisotopic (exact) mass is 111 g/mol. The van der Waals surface area contributed by atoms with Crippen molar-refractivity contribution in [2.75, 3.05) is 12.5 Å². The van der Waals surface area contributed by atoms with Crippen molar-refractivity contribution in [3.05, 3.63) is 0 Å². The van der Waals surface area contributed by atoms with Crippen LogP contribution in [0, 0.1) is 0 Å². The van der Waals surface area contributed by atoms with Crippen molar-refractivity contribution in [2.45, 2.75) is 0 Å². The summed E-state index contributed by atoms with van der Waals surface area (Å²) in [6.07, 6.45) is 4.35. The molecule has 0 fully saturated rings. The molecular weight excluding hydrogens is 101 g/mol. The van der Waals surface area contributed by atoms with Gasteiger partial charge in [-0.25, -0.2) is 10.5 Å². The van der Waals surface area contributed by atoms with Crippen LogP contribution in [0.25, 0.3) is 0 Å². The first-order chi connectivity index (χ1) is 2.27. The number of nitrogens with two attached hydrogens (primary N) is 1. The van der Waals surface area contributed by atoms with Crippen LogP contribution in [-0.2, 0) is 0 Å². The minimum absolute atomic E-state index is 0.207. The molecule has 0 saturated heterocycles. The van der Waals surface area contributed by atoms with Crippen molar-refractivity contribution in [3.8, 4) is 0 Å². The first-order valence-corrected chi connectivity index (χ1v) is 5.56. The first kappa shape index (κ1) is 5.74. The SMILES string of the molecule is C[SH](C)PN. The fraction of sp³-hybridized carbons (Fsp3) is 1.00. The zero-order valence-electron chi connectivity index (χ0n) is 3.52. The van der Waals surface area contributed by atoms with Crippen LogP contribution in [0.5, 0.6) is 0 Å². The smallest absolute Gasteiger partial charge is 0.0166 e. The van der Waals surface area contributed by atoms with Gasteiger partial charge < -0.3 is 5.50 Å². The number of hydrogen-bond donors (Lipinski definition) is 2. The zero-order chi connectivity index (χ0) is 4.28. The second-order valence-corrected chi connectivity index (χ2v) is 6.53. The van der Waals surface area contributed by atoms with E-state index in [1.54, 1.807) is 0 Å². The third kappa shape index (κ3) is 4.74. The average Bonchev–Trinajstić information content (AvgIpc) is 1.38. The van der Waals surface area contributed by atoms with Gasteiger partial charge in [-0.05, 0) is 20.4 Å². The molecule has 0 rings (SSSR count). The second kappa shape index (κ2) is 2.95. The molecule has 0 aliphatic carbocycles. The lowest BCUT2D eigenvalue weighted by Gasteiger charge is -1.98. The van der Waals surface area contributed by atoms with Gasteiger partial charge in [0, 0.05) is 0 Å². The van der Waals surface area contributed by atoms with E-state index in [0.29, 0.717) is 7.93 Å². The van der Waals surface area contributed by atoms with Gasteiger partial charge in [-0.1, -0.05) is 0 Å². The molecule has 0 amide bonds. The highest BCUT2D eigenvalue weighted by atomic mass is 32.7. The molecule has 1 atom stereocenters. The zero-order valence-corrected chi connectivity index (χ0v) is 5.42. The van der Waals surface area contributed by atoms with Gasteiger partial charge in [0.2, 0.25) is 0 Å². The highest BCUT2D eigenvalue weighted by molar-refractivity contribution is 8.59. The molecule has 1 unspecified atom stereocenters. The third-order valence-electron chi connectivity index (χ3n) is 0.258. The third-order valence-corrected chi connectivity index (χ3v) is 2.32. The Morgan fingerprint density at radius 2 is 1.80 bits per heavy atom. The normalized spacial score (nSPS) is 13.8. The van der Waals surface area contributed by atoms with Crippen molar-refractivity contribution in [2.24, 2.45) is 5.50 Å². The predicted octanol–water partition coefficient (Wildman–Crippen LogP) is 0.714. The van der Waals surface area contributed by atoms with E-state index < -0.39 is 0 Å². The summed E-state index contributed by atoms with van der Waals surface area (Å²) in [5, 5.41) is 0. The molecule has 3 heteroatoms. The van der Waals surface area contributed by atoms with Crippen LogP contribution in [0.15, 0.2) is 0 Å². The standard InChI is InChI=1S/C2H10NPS/c1-5(2)4-3/h4-5H,3H2,1-2H3. The number of thiol groups is 1. The quantitative estimate of drug-likeness (QED) is 0.378. The minimum atomic E-state index is 0.207. The molecule has 0 aromatic carbocycles. The first-order valence-electron chi connectivity index (χ1n) is 1.41. The fourth-order valence-corrected chi connectivity index (χ4v) is 0. The average molecular weight is 111 g/mol. The summed E-state index contributed by atoms with van der Waals surface area (Å²) in [7, 11) is 0.886. The Labute approximate surface area is 37.3 Å². The Balaban J connectivity index is 2.54. The largest absolute Gasteiger partial charge is 0.305 e. The van der Waals surface area contributed by atoms with Gasteiger partial charge in [-0.3, -0.25) is 0 Å². The van der Waals surface area contributed by atoms with E-state index in [9.17, 15) is 0 Å². The van der Waals surface area contributed by atoms with Gasteiger partial charge >= 0.3 is 0 Å². The van der Waals surface area contributed by atoms with Gasteiger partial charge in [0.15, 0.2) is 0 Å². The van der Waals surface area contributed by atoms with Crippen molar-refractivity contribution >= 4 is 18.4 Å². The summed E-state index contributed by atoms with van der Waals surface area (Å²) in [6, 6.07) is 0. The molecule has 0 bridgehead atoms. The summed E-state index contributed by atoms with van der Waals surface area (Å²) in [5.74, 6) is 0. The van der Waals surface area contributed by atoms with E-state index in [2.05, 4.69) is 12.5 Å². The van der Waals surface area contributed by atoms with Gasteiger partial charge in [0.25, 0.3) is 0 Å². The maximum atomic E-state index is 5.23. The summed E-state index contributed by atoms with van der Waals surface area (Å²) < 4.78 is 0. The molecule has 34 valence electrons. The highest BCUT2D eigenvalue weighted by Crippen LogP contribution is 2.31. The summed E-state index contributed by atoms with van der Waals surface area (Å²) in [6.45, 7) is 0. The van der Waals surface area contributed by atoms with Crippen molar-refractivity contribution in [1.82, 2.24) is 0 Å². The van der Waals surface area contributed by atoms with E-state index in [4.69, 9.17) is 5.50 Å². The molecule has 1 nitrogen and oxygen atoms in total. The van der Waals surface area contributed by atoms with E-state index in [1.807, 2.05) is 0 Å². The fourth-order valence-electron chi connectivity index (χ4n) is 0. The Kier molecular flexibility index (Phi) is 3.39. The van der Waals surface area contributed by atoms with Crippen LogP contribution in [0.2, 0.25) is 0 Å². The van der Waals surface area contributed by atoms with E-state index in [0.717, 1.165) is 0 Å². The Morgan fingerprint density at radius 1 is 1.60 bits per heavy atom. The molecule has 2 N–H and O–H groups in total. The molecule has 0 aliphatic heterocycles. The molecule has 0 heterocycles. The Bertz CT molecular complexity index is 23.6. The van der Waals surface area contributed by atoms with Crippen molar-refractivity contribution in [3.63, 3.8) is 0 Å². The van der Waals surface area contributed by atoms with Crippen LogP contribution >= 0.6 is 18.4 Å². The van der Waals surface area contributed by atoms with Crippen molar-refractivity contribution in [1.29, 1.82) is 0 Å². The maximum absolute atomic E-state index is 5.23. The number of rotatable bonds is 1. The van der Waals surface area contributed by atoms with Crippen LogP contribution < -0.4 is 5.50 Å². The molecule has 0 aliphatic rings. The lowest BCUT2D eigenvalue weighted by atomic mass is 11.9. The molecular formula is C2H10NPS. The lowest BCUT2D eigenvalue weighted by molar-refractivity contribution is 2.04. The minimum Gasteiger partial charge on any atom is -0.305 e. The molecule has 5 heavy (non-hydrogen) atoms. The highest BCUT2D eigenvalue weighted by Gasteiger charge is 1.72. The molecule has 0 saturated carbocycles. The van der Waals surface area contributed by atoms with Crippen LogP contribution in [-0.4, -0.2) is 12.5 Å². The van der Waals surface area contributed by atoms with Gasteiger partial charge in [0.1, 0.15) is 0 Å². The molecule has 0 spiro atoms. The number of hydrogen-bond acceptors (Lipinski definition) is 1. The maximum Gasteiger partial charge on any atom is -0.0166 e. The van der Waals surface area contributed by atoms with Gasteiger partial charge in [-0.15, -0.1) is 0 Å². The summed E-state index contributed by atoms with van der Waals surface area (Å²) >= 11 is 0. The predicted molar refractivity (Wildman–Crippen MR) is 33.3 cm³/mol. The van der Waals surface area contributed by atoms with Crippen LogP contribution in [0.3, 0.4) is 0 Å². The van der Waals surface area contributed by atoms with Gasteiger partial charge in [-0.2, -0.15) is 0 Å². The van der Waals surface area contributed by atoms with Gasteiger partial charge in [0.05, 0.1) is 0 Å². The second-order valence-electron chi connectivity index (χ2n) is 1.02. The van der Waals surface area contributed by atoms with E-state index in [1.165, 1.54) is 0 Å². The summed E-state index contributed by atoms with van der Waals surface area (Å²) in [4.78, 5) is 0. The molecule has 0 aromatic rings. The topological polar surface area (TPSA) is 26.0 Å². The lowest BCUT2D eigenvalue weighted by Crippen LogP contribution is -1.68. The summed E-state index contributed by atoms with van der Waals surface area (Å²) in [5.41, 5.74) is 5.23. The van der Waals surface area contributed by atoms with E-state index >= 15 is 0 Å². The van der Waals surface area contributed by atoms with Crippen LogP contribution in [0.4, 0.5) is 0 Å². The van der Waals surface area contributed by atoms with E-state index in [-0.39, 0.29) is 10.5 Å². The molecule has 0 radical (unpaired) electrons. The molecule has 0 aromatic heterocycles. The van der Waals surface area contributed by atoms with Crippen LogP contribution in [0.1, 0.15) is 0 Å². The van der Waals surface area contributed by atoms with Crippen molar-refractivity contribution < 1.29 is 0 Å². The Hall–Kier alpha value is 0.740.